The Balaban J connectivity index is 0.684. The van der Waals surface area contributed by atoms with Crippen LogP contribution in [0.2, 0.25) is 30.1 Å². The second-order valence-electron chi connectivity index (χ2n) is 31.1. The van der Waals surface area contributed by atoms with E-state index in [9.17, 15) is 49.5 Å². The third kappa shape index (κ3) is 30.8. The minimum Gasteiger partial charge on any atom is -0.394 e. The van der Waals surface area contributed by atoms with E-state index in [2.05, 4.69) is 55.0 Å². The maximum atomic E-state index is 14.5. The number of rotatable bonds is 51. The van der Waals surface area contributed by atoms with Crippen molar-refractivity contribution in [1.82, 2.24) is 59.9 Å². The van der Waals surface area contributed by atoms with Crippen LogP contribution in [-0.4, -0.2) is 296 Å². The highest BCUT2D eigenvalue weighted by molar-refractivity contribution is 7.90. The Kier molecular flexibility index (Phi) is 40.1. The number of sulfonamides is 3. The van der Waals surface area contributed by atoms with Gasteiger partial charge >= 0.3 is 6.03 Å². The second-order valence-corrected chi connectivity index (χ2v) is 39.0. The lowest BCUT2D eigenvalue weighted by atomic mass is 9.83. The summed E-state index contributed by atoms with van der Waals surface area (Å²) in [6, 6.07) is 30.7. The average molecular weight is 1900 g/mol. The molecule has 30 nitrogen and oxygen atoms in total. The maximum absolute atomic E-state index is 14.5. The molecule has 1 saturated heterocycles. The number of piperazine rings is 1. The van der Waals surface area contributed by atoms with E-state index >= 15 is 0 Å². The van der Waals surface area contributed by atoms with E-state index in [1.54, 1.807) is 59.5 Å². The standard InChI is InChI=1S/C85H114Cl6N12O18S3/c1-99-54-72(69-48-63(86)51-78(89)75(69)57-99)60-7-4-10-66(45-60)122(109,110)95-22-34-118-42-39-115-31-19-92-81(105)13-16-85(98-84(108)103-27-25-102(26-28-103)29-37-121-38-30-104,17-14-82(106)93-20-32-116-40-43-119-35-23-96-123(111,112)67-11-5-8-61(46-67)73-55-100(2)58-76-70(73)49-64(87)52-79(76)90)18-15-83(107)94-21-33-117-41-44-120-36-24-97-124(113,114)68-12-6-9-62(47-68)74-56-101(3)59-77-71(74)50-65(88)53-80(77)91/h4-12,45-53,72-74,95-97,104H,13-44,54-59H2,1-3H3,(H,92,105)(H,93,106)(H,94,107)(H,98,108)/t72-,73-,74-/m0/s1. The first-order chi connectivity index (χ1) is 59.5. The smallest absolute Gasteiger partial charge is 0.317 e. The van der Waals surface area contributed by atoms with Crippen LogP contribution in [0.25, 0.3) is 0 Å². The Morgan fingerprint density at radius 2 is 0.710 bits per heavy atom. The molecular formula is C85H114Cl6N12O18S3. The molecule has 39 heteroatoms. The van der Waals surface area contributed by atoms with Crippen molar-refractivity contribution in [3.8, 4) is 0 Å². The molecule has 0 aliphatic carbocycles. The van der Waals surface area contributed by atoms with Crippen molar-refractivity contribution in [2.45, 2.75) is 96.1 Å². The molecule has 0 aromatic heterocycles. The Bertz CT molecular complexity index is 4460. The monoisotopic (exact) mass is 1900 g/mol. The molecule has 1 fully saturated rings. The van der Waals surface area contributed by atoms with Crippen LogP contribution in [0.4, 0.5) is 4.79 Å². The fraction of sp³-hybridized carbons (Fsp3) is 0.529. The molecule has 6 aromatic carbocycles. The number of benzene rings is 6. The van der Waals surface area contributed by atoms with Gasteiger partial charge in [-0.25, -0.2) is 44.2 Å². The van der Waals surface area contributed by atoms with Gasteiger partial charge in [0.2, 0.25) is 47.8 Å². The summed E-state index contributed by atoms with van der Waals surface area (Å²) in [6.07, 6.45) is -0.329. The summed E-state index contributed by atoms with van der Waals surface area (Å²) < 4.78 is 129. The SMILES string of the molecule is CN1Cc2c(Cl)cc(Cl)cc2[C@H](c2cccc(S(=O)(=O)NCCOCCOCCNC(=O)CCC(CCC(=O)NCCOCCOCCNS(=O)(=O)c3cccc([C@@H]4CN(C)Cc5c(Cl)cc(Cl)cc54)c3)(CCC(=O)NCCOCCOCCNS(=O)(=O)c3cccc([C@@H]4CN(C)Cc5c(Cl)cc(Cl)cc54)c3)NC(=O)N3CCN(CCOCCO)CC3)c2)C1. The van der Waals surface area contributed by atoms with Gasteiger partial charge in [-0.05, 0) is 163 Å². The van der Waals surface area contributed by atoms with Crippen LogP contribution in [0.15, 0.2) is 124 Å². The van der Waals surface area contributed by atoms with Gasteiger partial charge in [-0.1, -0.05) is 106 Å². The van der Waals surface area contributed by atoms with Crippen molar-refractivity contribution < 1.29 is 82.7 Å². The van der Waals surface area contributed by atoms with Crippen LogP contribution in [0.5, 0.6) is 0 Å². The zero-order valence-corrected chi connectivity index (χ0v) is 77.1. The van der Waals surface area contributed by atoms with Gasteiger partial charge < -0.3 is 79.1 Å². The first kappa shape index (κ1) is 100. The summed E-state index contributed by atoms with van der Waals surface area (Å²) >= 11 is 39.0. The van der Waals surface area contributed by atoms with Crippen LogP contribution in [0.1, 0.15) is 106 Å². The van der Waals surface area contributed by atoms with Crippen LogP contribution in [0.3, 0.4) is 0 Å². The summed E-state index contributed by atoms with van der Waals surface area (Å²) in [5.41, 5.74) is 6.84. The number of aliphatic hydroxyl groups is 1. The number of nitrogens with one attached hydrogen (secondary N) is 7. The summed E-state index contributed by atoms with van der Waals surface area (Å²) in [7, 11) is -5.81. The van der Waals surface area contributed by atoms with Crippen LogP contribution in [0, 0.1) is 0 Å². The number of carbonyl (C=O) groups is 4. The Morgan fingerprint density at radius 3 is 1.02 bits per heavy atom. The second kappa shape index (κ2) is 49.7. The fourth-order valence-corrected chi connectivity index (χ4v) is 20.5. The molecule has 4 heterocycles. The van der Waals surface area contributed by atoms with Gasteiger partial charge in [0.1, 0.15) is 0 Å². The average Bonchev–Trinajstić information content (AvgIpc) is 0.779. The zero-order chi connectivity index (χ0) is 88.8. The molecule has 0 unspecified atom stereocenters. The van der Waals surface area contributed by atoms with Crippen molar-refractivity contribution >= 4 is 123 Å². The van der Waals surface area contributed by atoms with E-state index in [1.807, 2.05) is 57.5 Å². The van der Waals surface area contributed by atoms with E-state index in [1.165, 1.54) is 18.2 Å². The number of hydrogen-bond acceptors (Lipinski definition) is 22. The quantitative estimate of drug-likeness (QED) is 0.0166. The van der Waals surface area contributed by atoms with Gasteiger partial charge in [0.15, 0.2) is 0 Å². The van der Waals surface area contributed by atoms with Gasteiger partial charge in [-0.2, -0.15) is 0 Å². The highest BCUT2D eigenvalue weighted by Gasteiger charge is 2.38. The van der Waals surface area contributed by atoms with Gasteiger partial charge in [0.05, 0.1) is 114 Å². The highest BCUT2D eigenvalue weighted by atomic mass is 35.5. The molecule has 124 heavy (non-hydrogen) atoms. The Labute approximate surface area is 758 Å². The minimum absolute atomic E-state index is 0.0103. The molecular weight excluding hydrogens is 1790 g/mol. The molecule has 0 bridgehead atoms. The number of carbonyl (C=O) groups excluding carboxylic acids is 4. The van der Waals surface area contributed by atoms with Crippen molar-refractivity contribution in [3.05, 3.63) is 189 Å². The Hall–Kier alpha value is -6.01. The van der Waals surface area contributed by atoms with Crippen LogP contribution < -0.4 is 35.4 Å². The summed E-state index contributed by atoms with van der Waals surface area (Å²) in [5.74, 6) is -1.64. The summed E-state index contributed by atoms with van der Waals surface area (Å²) in [4.78, 5) is 66.5. The van der Waals surface area contributed by atoms with Gasteiger partial charge in [-0.3, -0.25) is 19.3 Å². The summed E-state index contributed by atoms with van der Waals surface area (Å²) in [6.45, 7) is 8.14. The number of aliphatic hydroxyl groups excluding tert-OH is 1. The molecule has 8 N–H and O–H groups in total. The number of fused-ring (bicyclic) bond motifs is 3. The number of halogens is 6. The number of nitrogens with zero attached hydrogens (tertiary/aromatic N) is 5. The van der Waals surface area contributed by atoms with E-state index in [0.717, 1.165) is 50.1 Å². The van der Waals surface area contributed by atoms with Crippen molar-refractivity contribution in [2.24, 2.45) is 0 Å². The third-order valence-corrected chi connectivity index (χ3v) is 28.0. The molecule has 0 spiro atoms. The van der Waals surface area contributed by atoms with E-state index < -0.39 is 41.6 Å². The van der Waals surface area contributed by atoms with E-state index in [4.69, 9.17) is 103 Å². The predicted octanol–water partition coefficient (Wildman–Crippen LogP) is 8.44. The largest absolute Gasteiger partial charge is 0.394 e. The topological polar surface area (TPSA) is 356 Å². The Morgan fingerprint density at radius 1 is 0.403 bits per heavy atom. The van der Waals surface area contributed by atoms with Gasteiger partial charge in [-0.15, -0.1) is 0 Å². The first-order valence-corrected chi connectivity index (χ1v) is 48.2. The molecule has 3 atom stereocenters. The van der Waals surface area contributed by atoms with Crippen LogP contribution in [-0.2, 0) is 97.2 Å². The molecule has 682 valence electrons. The van der Waals surface area contributed by atoms with Crippen molar-refractivity contribution in [2.75, 3.05) is 212 Å². The number of urea groups is 1. The van der Waals surface area contributed by atoms with E-state index in [-0.39, 0.29) is 220 Å². The van der Waals surface area contributed by atoms with Gasteiger partial charge in [0.25, 0.3) is 0 Å². The number of ether oxygens (including phenoxy) is 7. The molecule has 6 aromatic rings. The molecule has 4 aliphatic heterocycles. The number of hydrogen-bond donors (Lipinski definition) is 8. The summed E-state index contributed by atoms with van der Waals surface area (Å²) in [5, 5.41) is 24.2. The van der Waals surface area contributed by atoms with Crippen LogP contribution >= 0.6 is 69.6 Å². The lowest BCUT2D eigenvalue weighted by Crippen LogP contribution is -2.58. The fourth-order valence-electron chi connectivity index (χ4n) is 15.6. The van der Waals surface area contributed by atoms with Crippen molar-refractivity contribution in [3.63, 3.8) is 0 Å². The lowest BCUT2D eigenvalue weighted by molar-refractivity contribution is -0.121. The molecule has 0 radical (unpaired) electrons. The minimum atomic E-state index is -3.92. The highest BCUT2D eigenvalue weighted by Crippen LogP contribution is 2.43. The maximum Gasteiger partial charge on any atom is 0.317 e. The van der Waals surface area contributed by atoms with Crippen molar-refractivity contribution in [1.29, 1.82) is 0 Å². The third-order valence-electron chi connectivity index (χ3n) is 21.9. The molecule has 10 rings (SSSR count). The lowest BCUT2D eigenvalue weighted by Gasteiger charge is -2.40. The predicted molar refractivity (Wildman–Crippen MR) is 478 cm³/mol. The number of likely N-dealkylation sites (N-methyl/N-ethyl adjacent to an activating group) is 3. The number of amides is 5. The molecule has 4 aliphatic rings. The normalized spacial score (nSPS) is 16.8. The molecule has 0 saturated carbocycles. The first-order valence-electron chi connectivity index (χ1n) is 41.5. The molecule has 5 amide bonds. The van der Waals surface area contributed by atoms with E-state index in [0.29, 0.717) is 109 Å². The van der Waals surface area contributed by atoms with Gasteiger partial charge in [0, 0.05) is 184 Å². The zero-order valence-electron chi connectivity index (χ0n) is 70.1.